The van der Waals surface area contributed by atoms with Gasteiger partial charge in [-0.15, -0.1) is 10.2 Å². The number of halogens is 1. The number of benzene rings is 2. The zero-order valence-electron chi connectivity index (χ0n) is 54.0. The predicted octanol–water partition coefficient (Wildman–Crippen LogP) is 6.26. The van der Waals surface area contributed by atoms with Crippen molar-refractivity contribution in [2.75, 3.05) is 113 Å². The number of oxime groups is 2. The Balaban J connectivity index is 0.000000537. The third-order valence-corrected chi connectivity index (χ3v) is 14.9. The fraction of sp³-hybridized carbons (Fsp3) is 0.645. The Morgan fingerprint density at radius 3 is 1.71 bits per heavy atom. The molecule has 0 radical (unpaired) electrons. The first kappa shape index (κ1) is 76.8. The van der Waals surface area contributed by atoms with Gasteiger partial charge in [0.25, 0.3) is 0 Å². The minimum Gasteiger partial charge on any atom is -0.411 e. The largest absolute Gasteiger partial charge is 0.411 e. The minimum atomic E-state index is -0.409. The topological polar surface area (TPSA) is 333 Å². The van der Waals surface area contributed by atoms with Crippen LogP contribution in [0.3, 0.4) is 0 Å². The third-order valence-electron chi connectivity index (χ3n) is 14.6. The van der Waals surface area contributed by atoms with Gasteiger partial charge in [0.2, 0.25) is 29.5 Å². The van der Waals surface area contributed by atoms with Crippen molar-refractivity contribution in [2.45, 2.75) is 144 Å². The molecule has 0 unspecified atom stereocenters. The van der Waals surface area contributed by atoms with Gasteiger partial charge in [0.05, 0.1) is 94.2 Å². The molecule has 2 heterocycles. The zero-order chi connectivity index (χ0) is 65.1. The number of hydrogen-bond acceptors (Lipinski definition) is 20. The molecule has 0 bridgehead atoms. The highest BCUT2D eigenvalue weighted by atomic mass is 35.5. The van der Waals surface area contributed by atoms with E-state index in [1.165, 1.54) is 0 Å². The van der Waals surface area contributed by atoms with E-state index in [9.17, 15) is 19.2 Å². The molecule has 0 atom stereocenters. The molecule has 26 nitrogen and oxygen atoms in total. The van der Waals surface area contributed by atoms with Gasteiger partial charge in [-0.3, -0.25) is 19.2 Å². The number of hydrogen-bond donors (Lipinski definition) is 9. The van der Waals surface area contributed by atoms with Crippen LogP contribution >= 0.6 is 11.6 Å². The first-order chi connectivity index (χ1) is 42.9. The molecule has 4 rings (SSSR count). The van der Waals surface area contributed by atoms with E-state index in [0.29, 0.717) is 132 Å². The highest BCUT2D eigenvalue weighted by Crippen LogP contribution is 2.30. The van der Waals surface area contributed by atoms with Crippen LogP contribution in [0.1, 0.15) is 130 Å². The molecule has 4 aromatic rings. The van der Waals surface area contributed by atoms with Gasteiger partial charge in [-0.1, -0.05) is 90.7 Å². The maximum absolute atomic E-state index is 12.7. The smallest absolute Gasteiger partial charge is 0.246 e. The van der Waals surface area contributed by atoms with E-state index >= 15 is 0 Å². The number of aromatic nitrogens is 6. The second kappa shape index (κ2) is 44.9. The summed E-state index contributed by atoms with van der Waals surface area (Å²) < 4.78 is 34.6. The Morgan fingerprint density at radius 1 is 0.640 bits per heavy atom. The first-order valence-corrected chi connectivity index (χ1v) is 31.3. The number of carbonyl (C=O) groups is 4. The Morgan fingerprint density at radius 2 is 1.17 bits per heavy atom. The highest BCUT2D eigenvalue weighted by molar-refractivity contribution is 6.30. The summed E-state index contributed by atoms with van der Waals surface area (Å²) in [7, 11) is 1.59. The molecule has 27 heteroatoms. The number of aryl methyl sites for hydroxylation is 1. The number of nitrogens with zero attached hydrogens (tertiary/aromatic N) is 7. The molecule has 0 aliphatic rings. The number of ether oxygens (including phenoxy) is 6. The quantitative estimate of drug-likeness (QED) is 0.0102. The van der Waals surface area contributed by atoms with Gasteiger partial charge in [0.15, 0.2) is 5.15 Å². The van der Waals surface area contributed by atoms with Crippen LogP contribution in [0.4, 0.5) is 0 Å². The summed E-state index contributed by atoms with van der Waals surface area (Å²) in [5.74, 6) is 0.898. The first-order valence-electron chi connectivity index (χ1n) is 30.9. The lowest BCUT2D eigenvalue weighted by atomic mass is 9.94. The maximum Gasteiger partial charge on any atom is 0.246 e. The summed E-state index contributed by atoms with van der Waals surface area (Å²) in [5.41, 5.74) is 5.03. The molecule has 498 valence electrons. The Bertz CT molecular complexity index is 2640. The molecule has 89 heavy (non-hydrogen) atoms. The van der Waals surface area contributed by atoms with E-state index in [-0.39, 0.29) is 43.4 Å². The van der Waals surface area contributed by atoms with Gasteiger partial charge >= 0.3 is 0 Å². The summed E-state index contributed by atoms with van der Waals surface area (Å²) in [6.07, 6.45) is 7.53. The highest BCUT2D eigenvalue weighted by Gasteiger charge is 2.25. The molecule has 2 aromatic heterocycles. The minimum absolute atomic E-state index is 0.0410. The maximum atomic E-state index is 12.7. The summed E-state index contributed by atoms with van der Waals surface area (Å²) in [6.45, 7) is 23.1. The lowest BCUT2D eigenvalue weighted by Crippen LogP contribution is -2.47. The number of aromatic amines is 1. The number of carbonyl (C=O) groups excluding carboxylic acids is 4. The second-order valence-electron chi connectivity index (χ2n) is 22.2. The van der Waals surface area contributed by atoms with Gasteiger partial charge in [-0.2, -0.15) is 5.21 Å². The van der Waals surface area contributed by atoms with Gasteiger partial charge < -0.3 is 75.3 Å². The van der Waals surface area contributed by atoms with Crippen LogP contribution in [-0.2, 0) is 67.1 Å². The average molecular weight is 1270 g/mol. The normalized spacial score (nSPS) is 12.0. The van der Waals surface area contributed by atoms with E-state index in [0.717, 1.165) is 92.7 Å². The second-order valence-corrected chi connectivity index (χ2v) is 22.6. The van der Waals surface area contributed by atoms with Gasteiger partial charge in [0.1, 0.15) is 19.0 Å². The van der Waals surface area contributed by atoms with Crippen LogP contribution < -0.4 is 31.9 Å². The summed E-state index contributed by atoms with van der Waals surface area (Å²) in [6, 6.07) is 16.1. The van der Waals surface area contributed by atoms with Crippen molar-refractivity contribution in [3.8, 4) is 22.5 Å². The van der Waals surface area contributed by atoms with Crippen molar-refractivity contribution >= 4 is 46.7 Å². The summed E-state index contributed by atoms with van der Waals surface area (Å²) in [5, 5.41) is 57.5. The molecule has 0 saturated heterocycles. The van der Waals surface area contributed by atoms with Crippen molar-refractivity contribution < 1.29 is 58.0 Å². The monoisotopic (exact) mass is 1270 g/mol. The van der Waals surface area contributed by atoms with Crippen LogP contribution in [0.15, 0.2) is 58.8 Å². The number of tetrazole rings is 1. The number of H-pyrrole nitrogens is 1. The molecular formula is C62H101ClN14O12. The Kier molecular flexibility index (Phi) is 38.7. The fourth-order valence-electron chi connectivity index (χ4n) is 8.63. The number of nitrogens with one attached hydrogen (secondary N) is 7. The van der Waals surface area contributed by atoms with Crippen LogP contribution in [0.2, 0.25) is 5.15 Å². The van der Waals surface area contributed by atoms with Crippen molar-refractivity contribution in [1.29, 1.82) is 0 Å². The van der Waals surface area contributed by atoms with E-state index in [4.69, 9.17) is 50.4 Å². The van der Waals surface area contributed by atoms with E-state index < -0.39 is 11.1 Å². The molecular weight excluding hydrogens is 1170 g/mol. The van der Waals surface area contributed by atoms with Crippen molar-refractivity contribution in [2.24, 2.45) is 16.2 Å². The number of rotatable bonds is 47. The Hall–Kier alpha value is -6.49. The molecule has 0 aliphatic heterocycles. The molecule has 4 amide bonds. The van der Waals surface area contributed by atoms with E-state index in [1.54, 1.807) is 20.9 Å². The van der Waals surface area contributed by atoms with Gasteiger partial charge in [0, 0.05) is 58.1 Å². The molecule has 0 fully saturated rings. The molecule has 0 spiro atoms. The van der Waals surface area contributed by atoms with Crippen LogP contribution in [-0.4, -0.2) is 199 Å². The molecule has 9 N–H and O–H groups in total. The predicted molar refractivity (Wildman–Crippen MR) is 342 cm³/mol. The Labute approximate surface area is 530 Å². The average Bonchev–Trinajstić information content (AvgIpc) is 3.33. The van der Waals surface area contributed by atoms with Crippen molar-refractivity contribution in [3.05, 3.63) is 70.8 Å². The van der Waals surface area contributed by atoms with Gasteiger partial charge in [-0.05, 0) is 121 Å². The zero-order valence-corrected chi connectivity index (χ0v) is 54.7. The van der Waals surface area contributed by atoms with Crippen LogP contribution in [0, 0.1) is 5.92 Å². The third kappa shape index (κ3) is 31.7. The van der Waals surface area contributed by atoms with Crippen LogP contribution in [0.5, 0.6) is 0 Å². The SMILES string of the molecule is CCCCc1nc(Cl)c(CNC(=O)COCC(=O)NCCOCCOCCOCCOCCOCCC)n1Cc1ccc(-c2ccccc2-c2nn[nH]n2)cc1.CNC(=O)CCCC(=O)NCCC(CCNC(C)(C)/C(C)=N\O)CCNC(C)(C)/C(C)=N\O. The van der Waals surface area contributed by atoms with Gasteiger partial charge in [-0.25, -0.2) is 4.98 Å². The van der Waals surface area contributed by atoms with Crippen LogP contribution in [0.25, 0.3) is 22.5 Å². The molecule has 2 aromatic carbocycles. The fourth-order valence-corrected chi connectivity index (χ4v) is 8.90. The summed E-state index contributed by atoms with van der Waals surface area (Å²) >= 11 is 6.62. The standard InChI is InChI=1S/C39H55ClN8O8.C23H46N6O4/c1-3-5-10-35-43-38(40)34(48(35)27-30-11-13-31(14-12-30)32-8-6-7-9-33(32)39-44-46-47-45-39)26-42-37(50)29-56-28-36(49)41-15-17-52-19-21-54-23-25-55-24-22-53-20-18-51-16-4-2;1-17(28-32)22(3,4)26-15-12-19(13-16-27-23(5,6)18(2)29-33)11-14-25-21(31)10-8-9-20(30)24-7/h6-9,11-14H,3-5,10,15-29H2,1-2H3,(H,41,49)(H,42,50)(H,44,45,46,47);19,26-27,32-33H,8-16H2,1-7H3,(H,24,30)(H,25,31)/b;28-17-,29-18-. The lowest BCUT2D eigenvalue weighted by Gasteiger charge is -2.28. The molecule has 0 saturated carbocycles. The van der Waals surface area contributed by atoms with E-state index in [1.807, 2.05) is 52.0 Å². The number of imidazole rings is 1. The number of unbranched alkanes of at least 4 members (excludes halogenated alkanes) is 1. The number of amides is 4. The lowest BCUT2D eigenvalue weighted by molar-refractivity contribution is -0.131. The molecule has 0 aliphatic carbocycles. The summed E-state index contributed by atoms with van der Waals surface area (Å²) in [4.78, 5) is 52.8. The van der Waals surface area contributed by atoms with E-state index in [2.05, 4.69) is 111 Å². The van der Waals surface area contributed by atoms with Crippen molar-refractivity contribution in [3.63, 3.8) is 0 Å². The van der Waals surface area contributed by atoms with Crippen molar-refractivity contribution in [1.82, 2.24) is 62.1 Å².